The van der Waals surface area contributed by atoms with Gasteiger partial charge in [-0.15, -0.1) is 0 Å². The number of halogens is 4. The summed E-state index contributed by atoms with van der Waals surface area (Å²) in [6.45, 7) is -2.99. The van der Waals surface area contributed by atoms with Gasteiger partial charge in [0.15, 0.2) is 5.16 Å². The number of aromatic nitrogens is 2. The molecular weight excluding hydrogens is 427 g/mol. The first kappa shape index (κ1) is 20.9. The third kappa shape index (κ3) is 6.10. The van der Waals surface area contributed by atoms with Crippen LogP contribution < -0.4 is 10.1 Å². The molecule has 3 aromatic rings. The molecule has 1 N–H and O–H groups in total. The Balaban J connectivity index is 1.59. The van der Waals surface area contributed by atoms with Crippen LogP contribution in [-0.2, 0) is 4.79 Å². The van der Waals surface area contributed by atoms with Crippen molar-refractivity contribution in [2.45, 2.75) is 11.8 Å². The lowest BCUT2D eigenvalue weighted by atomic mass is 10.1. The molecular formula is C19H13ClF3N3O2S. The van der Waals surface area contributed by atoms with Gasteiger partial charge in [0.1, 0.15) is 11.6 Å². The highest BCUT2D eigenvalue weighted by atomic mass is 35.5. The van der Waals surface area contributed by atoms with Gasteiger partial charge in [0.05, 0.1) is 16.5 Å². The first-order valence-corrected chi connectivity index (χ1v) is 9.53. The Morgan fingerprint density at radius 2 is 1.93 bits per heavy atom. The number of alkyl halides is 2. The van der Waals surface area contributed by atoms with Crippen LogP contribution in [0.25, 0.3) is 11.3 Å². The minimum atomic E-state index is -2.99. The van der Waals surface area contributed by atoms with Gasteiger partial charge in [-0.2, -0.15) is 8.78 Å². The number of amides is 1. The van der Waals surface area contributed by atoms with Crippen molar-refractivity contribution in [2.75, 3.05) is 11.1 Å². The molecule has 0 fully saturated rings. The van der Waals surface area contributed by atoms with Crippen LogP contribution in [0.1, 0.15) is 0 Å². The van der Waals surface area contributed by atoms with Gasteiger partial charge in [-0.1, -0.05) is 23.4 Å². The van der Waals surface area contributed by atoms with Crippen LogP contribution in [0.3, 0.4) is 0 Å². The van der Waals surface area contributed by atoms with Gasteiger partial charge in [-0.3, -0.25) is 4.79 Å². The second kappa shape index (κ2) is 9.62. The number of benzene rings is 2. The molecule has 0 unspecified atom stereocenters. The molecule has 2 aromatic carbocycles. The minimum Gasteiger partial charge on any atom is -0.433 e. The lowest BCUT2D eigenvalue weighted by Gasteiger charge is -2.09. The van der Waals surface area contributed by atoms with Crippen LogP contribution in [0.4, 0.5) is 18.9 Å². The van der Waals surface area contributed by atoms with Crippen molar-refractivity contribution >= 4 is 35.0 Å². The fourth-order valence-corrected chi connectivity index (χ4v) is 3.14. The fraction of sp³-hybridized carbons (Fsp3) is 0.105. The zero-order valence-corrected chi connectivity index (χ0v) is 16.2. The molecule has 0 aliphatic heterocycles. The van der Waals surface area contributed by atoms with Crippen molar-refractivity contribution in [3.05, 3.63) is 65.6 Å². The number of thioether (sulfide) groups is 1. The summed E-state index contributed by atoms with van der Waals surface area (Å²) < 4.78 is 41.8. The van der Waals surface area contributed by atoms with E-state index in [1.807, 2.05) is 0 Å². The number of nitrogens with zero attached hydrogens (tertiary/aromatic N) is 2. The molecule has 0 aliphatic carbocycles. The molecule has 29 heavy (non-hydrogen) atoms. The van der Waals surface area contributed by atoms with Gasteiger partial charge < -0.3 is 10.1 Å². The number of hydrogen-bond acceptors (Lipinski definition) is 5. The van der Waals surface area contributed by atoms with Crippen LogP contribution in [0.15, 0.2) is 59.9 Å². The van der Waals surface area contributed by atoms with Crippen LogP contribution in [0.5, 0.6) is 5.75 Å². The molecule has 3 rings (SSSR count). The van der Waals surface area contributed by atoms with E-state index in [-0.39, 0.29) is 28.2 Å². The average Bonchev–Trinajstić information content (AvgIpc) is 2.69. The third-order valence-corrected chi connectivity index (χ3v) is 4.69. The molecule has 150 valence electrons. The Bertz CT molecular complexity index is 1010. The molecule has 10 heteroatoms. The quantitative estimate of drug-likeness (QED) is 0.401. The maximum atomic E-state index is 13.0. The Labute approximate surface area is 173 Å². The summed E-state index contributed by atoms with van der Waals surface area (Å²) >= 11 is 6.97. The molecule has 0 saturated carbocycles. The highest BCUT2D eigenvalue weighted by molar-refractivity contribution is 7.99. The number of carbonyl (C=O) groups is 1. The average molecular weight is 440 g/mol. The van der Waals surface area contributed by atoms with Gasteiger partial charge >= 0.3 is 6.61 Å². The second-order valence-corrected chi connectivity index (χ2v) is 6.94. The molecule has 1 aromatic heterocycles. The maximum Gasteiger partial charge on any atom is 0.387 e. The van der Waals surface area contributed by atoms with E-state index in [4.69, 9.17) is 11.6 Å². The highest BCUT2D eigenvalue weighted by Gasteiger charge is 2.11. The van der Waals surface area contributed by atoms with Crippen molar-refractivity contribution in [3.63, 3.8) is 0 Å². The Morgan fingerprint density at radius 1 is 1.17 bits per heavy atom. The lowest BCUT2D eigenvalue weighted by molar-refractivity contribution is -0.113. The van der Waals surface area contributed by atoms with E-state index in [0.29, 0.717) is 16.5 Å². The van der Waals surface area contributed by atoms with Crippen molar-refractivity contribution in [3.8, 4) is 17.0 Å². The first-order valence-electron chi connectivity index (χ1n) is 8.17. The molecule has 0 bridgehead atoms. The number of hydrogen-bond donors (Lipinski definition) is 1. The molecule has 0 spiro atoms. The van der Waals surface area contributed by atoms with E-state index in [1.165, 1.54) is 30.3 Å². The molecule has 0 aliphatic rings. The number of rotatable bonds is 7. The fourth-order valence-electron chi connectivity index (χ4n) is 2.29. The van der Waals surface area contributed by atoms with Gasteiger partial charge in [0, 0.05) is 17.4 Å². The van der Waals surface area contributed by atoms with Crippen molar-refractivity contribution in [2.24, 2.45) is 0 Å². The second-order valence-electron chi connectivity index (χ2n) is 5.59. The first-order chi connectivity index (χ1) is 13.9. The van der Waals surface area contributed by atoms with E-state index in [2.05, 4.69) is 20.0 Å². The van der Waals surface area contributed by atoms with Gasteiger partial charge in [-0.05, 0) is 48.5 Å². The van der Waals surface area contributed by atoms with E-state index in [1.54, 1.807) is 24.4 Å². The van der Waals surface area contributed by atoms with Crippen molar-refractivity contribution in [1.29, 1.82) is 0 Å². The number of nitrogens with one attached hydrogen (secondary N) is 1. The summed E-state index contributed by atoms with van der Waals surface area (Å²) in [5.74, 6) is -0.868. The Hall–Kier alpha value is -2.78. The van der Waals surface area contributed by atoms with E-state index in [9.17, 15) is 18.0 Å². The van der Waals surface area contributed by atoms with Crippen LogP contribution in [0.2, 0.25) is 5.02 Å². The van der Waals surface area contributed by atoms with Gasteiger partial charge in [0.2, 0.25) is 5.91 Å². The molecule has 1 heterocycles. The molecule has 5 nitrogen and oxygen atoms in total. The predicted octanol–water partition coefficient (Wildman–Crippen LogP) is 5.27. The predicted molar refractivity (Wildman–Crippen MR) is 105 cm³/mol. The topological polar surface area (TPSA) is 64.1 Å². The Kier molecular flexibility index (Phi) is 6.95. The maximum absolute atomic E-state index is 13.0. The summed E-state index contributed by atoms with van der Waals surface area (Å²) in [4.78, 5) is 20.6. The van der Waals surface area contributed by atoms with Gasteiger partial charge in [0.25, 0.3) is 0 Å². The number of ether oxygens (including phenoxy) is 1. The van der Waals surface area contributed by atoms with E-state index in [0.717, 1.165) is 17.3 Å². The molecule has 1 amide bonds. The molecule has 0 atom stereocenters. The minimum absolute atomic E-state index is 0.0137. The van der Waals surface area contributed by atoms with E-state index >= 15 is 0 Å². The number of carbonyl (C=O) groups excluding carboxylic acids is 1. The zero-order chi connectivity index (χ0) is 20.8. The smallest absolute Gasteiger partial charge is 0.387 e. The monoisotopic (exact) mass is 439 g/mol. The van der Waals surface area contributed by atoms with Crippen molar-refractivity contribution < 1.29 is 22.7 Å². The van der Waals surface area contributed by atoms with Gasteiger partial charge in [-0.25, -0.2) is 14.4 Å². The normalized spacial score (nSPS) is 10.8. The standard InChI is InChI=1S/C19H13ClF3N3O2S/c20-14-9-13(5-6-16(14)28-18(22)23)25-17(27)10-29-19-24-8-7-15(26-19)11-1-3-12(21)4-2-11/h1-9,18H,10H2,(H,25,27). The summed E-state index contributed by atoms with van der Waals surface area (Å²) in [7, 11) is 0. The largest absolute Gasteiger partial charge is 0.433 e. The summed E-state index contributed by atoms with van der Waals surface area (Å²) in [6.07, 6.45) is 1.55. The summed E-state index contributed by atoms with van der Waals surface area (Å²) in [5.41, 5.74) is 1.66. The van der Waals surface area contributed by atoms with Crippen LogP contribution in [0, 0.1) is 5.82 Å². The van der Waals surface area contributed by atoms with Crippen LogP contribution >= 0.6 is 23.4 Å². The SMILES string of the molecule is O=C(CSc1nccc(-c2ccc(F)cc2)n1)Nc1ccc(OC(F)F)c(Cl)c1. The lowest BCUT2D eigenvalue weighted by Crippen LogP contribution is -2.14. The highest BCUT2D eigenvalue weighted by Crippen LogP contribution is 2.29. The summed E-state index contributed by atoms with van der Waals surface area (Å²) in [5, 5.41) is 2.93. The van der Waals surface area contributed by atoms with E-state index < -0.39 is 6.61 Å². The van der Waals surface area contributed by atoms with Crippen molar-refractivity contribution in [1.82, 2.24) is 9.97 Å². The zero-order valence-electron chi connectivity index (χ0n) is 14.6. The summed E-state index contributed by atoms with van der Waals surface area (Å²) in [6, 6.07) is 11.5. The third-order valence-electron chi connectivity index (χ3n) is 3.54. The molecule has 0 saturated heterocycles. The Morgan fingerprint density at radius 3 is 2.62 bits per heavy atom. The molecule has 0 radical (unpaired) electrons. The van der Waals surface area contributed by atoms with Crippen LogP contribution in [-0.4, -0.2) is 28.2 Å². The number of anilines is 1.